The number of allylic oxidation sites excluding steroid dienone is 1. The third-order valence-corrected chi connectivity index (χ3v) is 4.29. The Morgan fingerprint density at radius 3 is 2.82 bits per heavy atom. The van der Waals surface area contributed by atoms with Gasteiger partial charge in [-0.3, -0.25) is 0 Å². The van der Waals surface area contributed by atoms with E-state index in [4.69, 9.17) is 14.6 Å². The second kappa shape index (κ2) is 4.49. The van der Waals surface area contributed by atoms with Gasteiger partial charge in [0, 0.05) is 19.0 Å². The van der Waals surface area contributed by atoms with E-state index < -0.39 is 0 Å². The van der Waals surface area contributed by atoms with E-state index in [1.807, 2.05) is 0 Å². The second-order valence-electron chi connectivity index (χ2n) is 4.33. The summed E-state index contributed by atoms with van der Waals surface area (Å²) >= 11 is 1.56. The van der Waals surface area contributed by atoms with Crippen molar-refractivity contribution in [1.82, 2.24) is 4.98 Å². The molecule has 1 N–H and O–H groups in total. The molecule has 4 nitrogen and oxygen atoms in total. The van der Waals surface area contributed by atoms with Gasteiger partial charge in [0.05, 0.1) is 24.7 Å². The fourth-order valence-electron chi connectivity index (χ4n) is 2.29. The number of ether oxygens (including phenoxy) is 2. The minimum Gasteiger partial charge on any atom is -0.391 e. The van der Waals surface area contributed by atoms with Gasteiger partial charge in [0.2, 0.25) is 0 Å². The van der Waals surface area contributed by atoms with Gasteiger partial charge in [0.25, 0.3) is 0 Å². The summed E-state index contributed by atoms with van der Waals surface area (Å²) in [5.41, 5.74) is 1.25. The maximum atomic E-state index is 9.03. The highest BCUT2D eigenvalue weighted by Crippen LogP contribution is 2.38. The first-order valence-corrected chi connectivity index (χ1v) is 6.66. The molecular weight excluding hydrogens is 238 g/mol. The van der Waals surface area contributed by atoms with Gasteiger partial charge in [-0.2, -0.15) is 0 Å². The molecule has 0 unspecified atom stereocenters. The van der Waals surface area contributed by atoms with Crippen LogP contribution in [-0.2, 0) is 16.1 Å². The summed E-state index contributed by atoms with van der Waals surface area (Å²) in [4.78, 5) is 5.25. The van der Waals surface area contributed by atoms with Gasteiger partial charge in [0.15, 0.2) is 5.79 Å². The molecule has 0 atom stereocenters. The summed E-state index contributed by atoms with van der Waals surface area (Å²) in [5, 5.41) is 10.0. The Kier molecular flexibility index (Phi) is 3.00. The zero-order valence-electron chi connectivity index (χ0n) is 9.52. The maximum absolute atomic E-state index is 9.03. The average molecular weight is 253 g/mol. The zero-order chi connectivity index (χ0) is 11.7. The lowest BCUT2D eigenvalue weighted by atomic mass is 9.94. The van der Waals surface area contributed by atoms with Crippen LogP contribution in [0.25, 0.3) is 5.57 Å². The van der Waals surface area contributed by atoms with Crippen molar-refractivity contribution in [2.24, 2.45) is 0 Å². The van der Waals surface area contributed by atoms with Gasteiger partial charge >= 0.3 is 0 Å². The summed E-state index contributed by atoms with van der Waals surface area (Å²) in [6.07, 6.45) is 6.53. The highest BCUT2D eigenvalue weighted by molar-refractivity contribution is 7.12. The minimum atomic E-state index is -0.361. The molecule has 2 heterocycles. The van der Waals surface area contributed by atoms with Gasteiger partial charge in [-0.05, 0) is 12.0 Å². The molecule has 0 bridgehead atoms. The Labute approximate surface area is 104 Å². The standard InChI is InChI=1S/C12H15NO3S/c14-8-10-7-13-11(17-10)9-1-3-12(4-2-9)15-5-6-16-12/h1,7,14H,2-6,8H2. The van der Waals surface area contributed by atoms with Crippen LogP contribution in [0.1, 0.15) is 29.1 Å². The fourth-order valence-corrected chi connectivity index (χ4v) is 3.13. The highest BCUT2D eigenvalue weighted by Gasteiger charge is 2.37. The molecule has 5 heteroatoms. The van der Waals surface area contributed by atoms with Crippen molar-refractivity contribution >= 4 is 16.9 Å². The van der Waals surface area contributed by atoms with Crippen LogP contribution in [-0.4, -0.2) is 29.1 Å². The predicted octanol–water partition coefficient (Wildman–Crippen LogP) is 1.95. The monoisotopic (exact) mass is 253 g/mol. The molecule has 1 aromatic rings. The van der Waals surface area contributed by atoms with Crippen LogP contribution >= 0.6 is 11.3 Å². The van der Waals surface area contributed by atoms with Gasteiger partial charge in [0.1, 0.15) is 5.01 Å². The number of thiazole rings is 1. The molecule has 1 aliphatic carbocycles. The van der Waals surface area contributed by atoms with Crippen LogP contribution in [0.4, 0.5) is 0 Å². The first-order chi connectivity index (χ1) is 8.31. The second-order valence-corrected chi connectivity index (χ2v) is 5.45. The molecule has 0 aromatic carbocycles. The van der Waals surface area contributed by atoms with Crippen LogP contribution in [0.15, 0.2) is 12.3 Å². The van der Waals surface area contributed by atoms with E-state index in [2.05, 4.69) is 11.1 Å². The summed E-state index contributed by atoms with van der Waals surface area (Å²) in [6.45, 7) is 1.48. The third-order valence-electron chi connectivity index (χ3n) is 3.23. The van der Waals surface area contributed by atoms with Crippen molar-refractivity contribution in [3.05, 3.63) is 22.2 Å². The van der Waals surface area contributed by atoms with E-state index in [0.717, 1.165) is 29.1 Å². The average Bonchev–Trinajstić information content (AvgIpc) is 3.00. The number of nitrogens with zero attached hydrogens (tertiary/aromatic N) is 1. The van der Waals surface area contributed by atoms with E-state index in [9.17, 15) is 0 Å². The minimum absolute atomic E-state index is 0.0705. The Balaban J connectivity index is 1.75. The molecular formula is C12H15NO3S. The Hall–Kier alpha value is -0.750. The molecule has 1 aromatic heterocycles. The Bertz CT molecular complexity index is 435. The molecule has 1 aliphatic heterocycles. The number of aliphatic hydroxyl groups is 1. The van der Waals surface area contributed by atoms with E-state index in [0.29, 0.717) is 13.2 Å². The molecule has 92 valence electrons. The Morgan fingerprint density at radius 2 is 2.24 bits per heavy atom. The first-order valence-electron chi connectivity index (χ1n) is 5.84. The van der Waals surface area contributed by atoms with E-state index in [1.54, 1.807) is 17.5 Å². The molecule has 17 heavy (non-hydrogen) atoms. The summed E-state index contributed by atoms with van der Waals surface area (Å²) in [7, 11) is 0. The third kappa shape index (κ3) is 2.15. The molecule has 0 saturated carbocycles. The van der Waals surface area contributed by atoms with Crippen molar-refractivity contribution < 1.29 is 14.6 Å². The lowest BCUT2D eigenvalue weighted by molar-refractivity contribution is -0.159. The SMILES string of the molecule is OCc1cnc(C2=CCC3(CC2)OCCO3)s1. The molecule has 1 saturated heterocycles. The zero-order valence-corrected chi connectivity index (χ0v) is 10.3. The summed E-state index contributed by atoms with van der Waals surface area (Å²) in [6, 6.07) is 0. The predicted molar refractivity (Wildman–Crippen MR) is 64.5 cm³/mol. The van der Waals surface area contributed by atoms with E-state index in [-0.39, 0.29) is 12.4 Å². The molecule has 3 rings (SSSR count). The van der Waals surface area contributed by atoms with Crippen molar-refractivity contribution in [2.45, 2.75) is 31.7 Å². The maximum Gasteiger partial charge on any atom is 0.172 e. The lowest BCUT2D eigenvalue weighted by Gasteiger charge is -2.30. The number of hydrogen-bond acceptors (Lipinski definition) is 5. The number of aromatic nitrogens is 1. The Morgan fingerprint density at radius 1 is 1.41 bits per heavy atom. The lowest BCUT2D eigenvalue weighted by Crippen LogP contribution is -2.31. The fraction of sp³-hybridized carbons (Fsp3) is 0.583. The van der Waals surface area contributed by atoms with E-state index >= 15 is 0 Å². The van der Waals surface area contributed by atoms with Crippen LogP contribution < -0.4 is 0 Å². The topological polar surface area (TPSA) is 51.6 Å². The van der Waals surface area contributed by atoms with Crippen molar-refractivity contribution in [2.75, 3.05) is 13.2 Å². The molecule has 0 amide bonds. The molecule has 1 spiro atoms. The smallest absolute Gasteiger partial charge is 0.172 e. The van der Waals surface area contributed by atoms with Crippen LogP contribution in [0, 0.1) is 0 Å². The molecule has 1 fully saturated rings. The largest absolute Gasteiger partial charge is 0.391 e. The summed E-state index contributed by atoms with van der Waals surface area (Å²) < 4.78 is 11.3. The van der Waals surface area contributed by atoms with Crippen molar-refractivity contribution in [3.63, 3.8) is 0 Å². The van der Waals surface area contributed by atoms with Crippen LogP contribution in [0.3, 0.4) is 0 Å². The van der Waals surface area contributed by atoms with E-state index in [1.165, 1.54) is 5.57 Å². The van der Waals surface area contributed by atoms with Gasteiger partial charge in [-0.25, -0.2) is 4.98 Å². The normalized spacial score (nSPS) is 23.0. The quantitative estimate of drug-likeness (QED) is 0.875. The van der Waals surface area contributed by atoms with Crippen LogP contribution in [0.2, 0.25) is 0 Å². The van der Waals surface area contributed by atoms with Crippen molar-refractivity contribution in [1.29, 1.82) is 0 Å². The molecule has 2 aliphatic rings. The highest BCUT2D eigenvalue weighted by atomic mass is 32.1. The molecule has 0 radical (unpaired) electrons. The first kappa shape index (κ1) is 11.3. The van der Waals surface area contributed by atoms with Gasteiger partial charge in [-0.15, -0.1) is 11.3 Å². The van der Waals surface area contributed by atoms with Crippen LogP contribution in [0.5, 0.6) is 0 Å². The van der Waals surface area contributed by atoms with Gasteiger partial charge < -0.3 is 14.6 Å². The van der Waals surface area contributed by atoms with Crippen molar-refractivity contribution in [3.8, 4) is 0 Å². The van der Waals surface area contributed by atoms with Gasteiger partial charge in [-0.1, -0.05) is 6.08 Å². The number of rotatable bonds is 2. The number of hydrogen-bond donors (Lipinski definition) is 1. The number of aliphatic hydroxyl groups excluding tert-OH is 1. The summed E-state index contributed by atoms with van der Waals surface area (Å²) in [5.74, 6) is -0.361.